The van der Waals surface area contributed by atoms with Gasteiger partial charge in [0, 0.05) is 31.6 Å². The molecule has 1 saturated heterocycles. The number of aryl methyl sites for hydroxylation is 1. The van der Waals surface area contributed by atoms with Gasteiger partial charge in [0.25, 0.3) is 0 Å². The van der Waals surface area contributed by atoms with E-state index in [2.05, 4.69) is 32.4 Å². The van der Waals surface area contributed by atoms with Gasteiger partial charge < -0.3 is 9.88 Å². The molecule has 0 bridgehead atoms. The predicted octanol–water partition coefficient (Wildman–Crippen LogP) is 2.46. The lowest BCUT2D eigenvalue weighted by molar-refractivity contribution is -0.132. The number of aromatic nitrogens is 5. The van der Waals surface area contributed by atoms with Crippen molar-refractivity contribution in [1.82, 2.24) is 29.9 Å². The van der Waals surface area contributed by atoms with Crippen molar-refractivity contribution in [3.63, 3.8) is 0 Å². The van der Waals surface area contributed by atoms with Crippen LogP contribution in [-0.2, 0) is 11.3 Å². The zero-order chi connectivity index (χ0) is 17.8. The number of nitrogens with zero attached hydrogens (tertiary/aromatic N) is 5. The average Bonchev–Trinajstić information content (AvgIpc) is 3.39. The third kappa shape index (κ3) is 3.66. The molecular weight excluding hydrogens is 328 g/mol. The van der Waals surface area contributed by atoms with E-state index < -0.39 is 0 Å². The SMILES string of the molecule is O=C(CCn1ccnn1)N1CCCC(c2ncc(-c3ccccc3)[nH]2)C1. The second kappa shape index (κ2) is 7.51. The van der Waals surface area contributed by atoms with E-state index in [1.54, 1.807) is 17.1 Å². The van der Waals surface area contributed by atoms with Gasteiger partial charge in [-0.2, -0.15) is 0 Å². The Hall–Kier alpha value is -2.96. The second-order valence-electron chi connectivity index (χ2n) is 6.64. The monoisotopic (exact) mass is 350 g/mol. The Labute approximate surface area is 152 Å². The number of imidazole rings is 1. The Morgan fingerprint density at radius 3 is 2.96 bits per heavy atom. The van der Waals surface area contributed by atoms with Crippen molar-refractivity contribution in [2.45, 2.75) is 31.7 Å². The van der Waals surface area contributed by atoms with Crippen molar-refractivity contribution in [2.75, 3.05) is 13.1 Å². The molecule has 7 nitrogen and oxygen atoms in total. The van der Waals surface area contributed by atoms with Crippen molar-refractivity contribution in [1.29, 1.82) is 0 Å². The fraction of sp³-hybridized carbons (Fsp3) is 0.368. The van der Waals surface area contributed by atoms with Gasteiger partial charge in [0.15, 0.2) is 0 Å². The molecular formula is C19H22N6O. The summed E-state index contributed by atoms with van der Waals surface area (Å²) in [5.74, 6) is 1.40. The Kier molecular flexibility index (Phi) is 4.77. The van der Waals surface area contributed by atoms with E-state index in [1.807, 2.05) is 29.3 Å². The van der Waals surface area contributed by atoms with Crippen molar-refractivity contribution >= 4 is 5.91 Å². The van der Waals surface area contributed by atoms with Crippen molar-refractivity contribution in [3.8, 4) is 11.3 Å². The number of nitrogens with one attached hydrogen (secondary N) is 1. The first-order valence-corrected chi connectivity index (χ1v) is 9.02. The number of amides is 1. The first-order valence-electron chi connectivity index (χ1n) is 9.02. The molecule has 1 atom stereocenters. The summed E-state index contributed by atoms with van der Waals surface area (Å²) in [5.41, 5.74) is 2.15. The lowest BCUT2D eigenvalue weighted by atomic mass is 9.97. The van der Waals surface area contributed by atoms with Crippen molar-refractivity contribution < 1.29 is 4.79 Å². The average molecular weight is 350 g/mol. The highest BCUT2D eigenvalue weighted by atomic mass is 16.2. The van der Waals surface area contributed by atoms with Crippen molar-refractivity contribution in [3.05, 3.63) is 54.7 Å². The molecule has 26 heavy (non-hydrogen) atoms. The number of piperidine rings is 1. The smallest absolute Gasteiger partial charge is 0.224 e. The van der Waals surface area contributed by atoms with Crippen LogP contribution in [0.25, 0.3) is 11.3 Å². The van der Waals surface area contributed by atoms with Crippen molar-refractivity contribution in [2.24, 2.45) is 0 Å². The van der Waals surface area contributed by atoms with Crippen LogP contribution in [0.15, 0.2) is 48.9 Å². The molecule has 1 unspecified atom stereocenters. The Bertz CT molecular complexity index is 842. The van der Waals surface area contributed by atoms with Gasteiger partial charge in [-0.05, 0) is 18.4 Å². The number of benzene rings is 1. The molecule has 0 aliphatic carbocycles. The van der Waals surface area contributed by atoms with E-state index in [9.17, 15) is 4.79 Å². The molecule has 4 rings (SSSR count). The minimum Gasteiger partial charge on any atom is -0.342 e. The van der Waals surface area contributed by atoms with E-state index >= 15 is 0 Å². The molecule has 0 radical (unpaired) electrons. The maximum absolute atomic E-state index is 12.5. The lowest BCUT2D eigenvalue weighted by Crippen LogP contribution is -2.39. The highest BCUT2D eigenvalue weighted by molar-refractivity contribution is 5.76. The molecule has 7 heteroatoms. The highest BCUT2D eigenvalue weighted by Gasteiger charge is 2.26. The largest absolute Gasteiger partial charge is 0.342 e. The maximum Gasteiger partial charge on any atom is 0.224 e. The minimum absolute atomic E-state index is 0.167. The Balaban J connectivity index is 1.39. The molecule has 134 valence electrons. The normalized spacial score (nSPS) is 17.4. The summed E-state index contributed by atoms with van der Waals surface area (Å²) >= 11 is 0. The molecule has 3 heterocycles. The fourth-order valence-corrected chi connectivity index (χ4v) is 3.46. The summed E-state index contributed by atoms with van der Waals surface area (Å²) < 4.78 is 1.69. The van der Waals surface area contributed by atoms with E-state index in [0.717, 1.165) is 43.0 Å². The topological polar surface area (TPSA) is 79.7 Å². The number of hydrogen-bond donors (Lipinski definition) is 1. The second-order valence-corrected chi connectivity index (χ2v) is 6.64. The zero-order valence-electron chi connectivity index (χ0n) is 14.6. The standard InChI is InChI=1S/C19H22N6O/c26-18(8-11-25-12-9-21-23-25)24-10-4-7-16(14-24)19-20-13-17(22-19)15-5-2-1-3-6-15/h1-3,5-6,9,12-13,16H,4,7-8,10-11,14H2,(H,20,22). The first-order chi connectivity index (χ1) is 12.8. The van der Waals surface area contributed by atoms with Crippen LogP contribution >= 0.6 is 0 Å². The number of rotatable bonds is 5. The molecule has 1 aliphatic rings. The van der Waals surface area contributed by atoms with Gasteiger partial charge in [0.1, 0.15) is 5.82 Å². The number of carbonyl (C=O) groups is 1. The molecule has 1 aromatic carbocycles. The molecule has 3 aromatic rings. The van der Waals surface area contributed by atoms with Gasteiger partial charge in [-0.3, -0.25) is 9.48 Å². The summed E-state index contributed by atoms with van der Waals surface area (Å²) in [5, 5.41) is 7.68. The maximum atomic E-state index is 12.5. The van der Waals surface area contributed by atoms with E-state index in [-0.39, 0.29) is 11.8 Å². The number of H-pyrrole nitrogens is 1. The van der Waals surface area contributed by atoms with E-state index in [4.69, 9.17) is 0 Å². The zero-order valence-corrected chi connectivity index (χ0v) is 14.6. The van der Waals surface area contributed by atoms with E-state index in [1.165, 1.54) is 0 Å². The quantitative estimate of drug-likeness (QED) is 0.766. The summed E-state index contributed by atoms with van der Waals surface area (Å²) in [6, 6.07) is 10.2. The number of likely N-dealkylation sites (tertiary alicyclic amines) is 1. The van der Waals surface area contributed by atoms with Crippen LogP contribution in [0.1, 0.15) is 31.0 Å². The molecule has 1 aliphatic heterocycles. The predicted molar refractivity (Wildman–Crippen MR) is 97.2 cm³/mol. The van der Waals surface area contributed by atoms with Gasteiger partial charge >= 0.3 is 0 Å². The van der Waals surface area contributed by atoms with Crippen LogP contribution in [0, 0.1) is 0 Å². The van der Waals surface area contributed by atoms with Gasteiger partial charge in [0.2, 0.25) is 5.91 Å². The van der Waals surface area contributed by atoms with Gasteiger partial charge in [-0.25, -0.2) is 4.98 Å². The molecule has 1 fully saturated rings. The van der Waals surface area contributed by atoms with Crippen LogP contribution in [0.3, 0.4) is 0 Å². The molecule has 0 spiro atoms. The molecule has 2 aromatic heterocycles. The van der Waals surface area contributed by atoms with Crippen LogP contribution in [0.5, 0.6) is 0 Å². The third-order valence-corrected chi connectivity index (χ3v) is 4.87. The Morgan fingerprint density at radius 2 is 2.15 bits per heavy atom. The van der Waals surface area contributed by atoms with E-state index in [0.29, 0.717) is 13.0 Å². The minimum atomic E-state index is 0.167. The van der Waals surface area contributed by atoms with Gasteiger partial charge in [-0.1, -0.05) is 35.5 Å². The fourth-order valence-electron chi connectivity index (χ4n) is 3.46. The number of aromatic amines is 1. The Morgan fingerprint density at radius 1 is 1.27 bits per heavy atom. The van der Waals surface area contributed by atoms with Crippen LogP contribution in [0.4, 0.5) is 0 Å². The number of hydrogen-bond acceptors (Lipinski definition) is 4. The van der Waals surface area contributed by atoms with Crippen LogP contribution in [-0.4, -0.2) is 48.9 Å². The third-order valence-electron chi connectivity index (χ3n) is 4.87. The van der Waals surface area contributed by atoms with Crippen LogP contribution in [0.2, 0.25) is 0 Å². The summed E-state index contributed by atoms with van der Waals surface area (Å²) in [6.07, 6.45) is 7.79. The highest BCUT2D eigenvalue weighted by Crippen LogP contribution is 2.27. The molecule has 0 saturated carbocycles. The summed E-state index contributed by atoms with van der Waals surface area (Å²) in [6.45, 7) is 2.11. The van der Waals surface area contributed by atoms with Crippen LogP contribution < -0.4 is 0 Å². The summed E-state index contributed by atoms with van der Waals surface area (Å²) in [4.78, 5) is 22.5. The summed E-state index contributed by atoms with van der Waals surface area (Å²) in [7, 11) is 0. The molecule has 1 amide bonds. The first kappa shape index (κ1) is 16.5. The van der Waals surface area contributed by atoms with Gasteiger partial charge in [0.05, 0.1) is 24.6 Å². The van der Waals surface area contributed by atoms with Gasteiger partial charge in [-0.15, -0.1) is 5.10 Å². The molecule has 1 N–H and O–H groups in total. The number of carbonyl (C=O) groups excluding carboxylic acids is 1. The lowest BCUT2D eigenvalue weighted by Gasteiger charge is -2.32.